The van der Waals surface area contributed by atoms with Crippen LogP contribution in [-0.4, -0.2) is 42.1 Å². The van der Waals surface area contributed by atoms with Gasteiger partial charge in [-0.25, -0.2) is 9.18 Å². The van der Waals surface area contributed by atoms with E-state index >= 15 is 0 Å². The number of hydrogen-bond donors (Lipinski definition) is 3. The zero-order valence-electron chi connectivity index (χ0n) is 18.2. The van der Waals surface area contributed by atoms with Crippen LogP contribution in [0, 0.1) is 5.82 Å². The summed E-state index contributed by atoms with van der Waals surface area (Å²) >= 11 is 6.15. The van der Waals surface area contributed by atoms with Gasteiger partial charge in [0, 0.05) is 35.5 Å². The molecule has 0 aromatic heterocycles. The van der Waals surface area contributed by atoms with Crippen LogP contribution in [0.25, 0.3) is 6.08 Å². The van der Waals surface area contributed by atoms with E-state index in [0.717, 1.165) is 31.4 Å². The molecule has 33 heavy (non-hydrogen) atoms. The molecule has 2 aliphatic rings. The van der Waals surface area contributed by atoms with Crippen molar-refractivity contribution in [1.82, 2.24) is 4.90 Å². The van der Waals surface area contributed by atoms with Gasteiger partial charge in [0.05, 0.1) is 17.8 Å². The zero-order valence-corrected chi connectivity index (χ0v) is 18.9. The van der Waals surface area contributed by atoms with Gasteiger partial charge < -0.3 is 26.0 Å². The number of nitrogens with two attached hydrogens (primary N) is 1. The van der Waals surface area contributed by atoms with Crippen LogP contribution in [0.15, 0.2) is 42.5 Å². The van der Waals surface area contributed by atoms with Gasteiger partial charge >= 0.3 is 6.03 Å². The number of amides is 3. The molecule has 4 rings (SSSR count). The Hall–Kier alpha value is -3.26. The summed E-state index contributed by atoms with van der Waals surface area (Å²) in [7, 11) is 1.49. The van der Waals surface area contributed by atoms with E-state index in [4.69, 9.17) is 22.1 Å². The predicted octanol–water partition coefficient (Wildman–Crippen LogP) is 4.63. The molecule has 2 aromatic carbocycles. The Balaban J connectivity index is 1.46. The quantitative estimate of drug-likeness (QED) is 0.534. The first-order valence-electron chi connectivity index (χ1n) is 10.8. The van der Waals surface area contributed by atoms with Crippen molar-refractivity contribution >= 4 is 41.0 Å². The minimum absolute atomic E-state index is 0.0818. The van der Waals surface area contributed by atoms with E-state index in [1.807, 2.05) is 4.90 Å². The van der Waals surface area contributed by atoms with Crippen molar-refractivity contribution in [2.24, 2.45) is 5.73 Å². The molecule has 2 saturated heterocycles. The summed E-state index contributed by atoms with van der Waals surface area (Å²) in [5.41, 5.74) is 7.09. The number of fused-ring (bicyclic) bond motifs is 2. The molecule has 0 radical (unpaired) electrons. The first-order valence-corrected chi connectivity index (χ1v) is 11.2. The normalized spacial score (nSPS) is 21.8. The van der Waals surface area contributed by atoms with Crippen LogP contribution in [-0.2, 0) is 4.79 Å². The van der Waals surface area contributed by atoms with Gasteiger partial charge in [-0.3, -0.25) is 4.79 Å². The fourth-order valence-electron chi connectivity index (χ4n) is 4.79. The highest BCUT2D eigenvalue weighted by Crippen LogP contribution is 2.37. The van der Waals surface area contributed by atoms with Gasteiger partial charge in [0.1, 0.15) is 11.6 Å². The van der Waals surface area contributed by atoms with Crippen molar-refractivity contribution in [3.05, 3.63) is 58.9 Å². The third kappa shape index (κ3) is 5.22. The number of nitrogens with one attached hydrogen (secondary N) is 2. The fraction of sp³-hybridized carbons (Fsp3) is 0.333. The number of ether oxygens (including phenoxy) is 1. The number of urea groups is 1. The van der Waals surface area contributed by atoms with Crippen molar-refractivity contribution in [3.8, 4) is 5.75 Å². The highest BCUT2D eigenvalue weighted by molar-refractivity contribution is 6.32. The highest BCUT2D eigenvalue weighted by atomic mass is 35.5. The highest BCUT2D eigenvalue weighted by Gasteiger charge is 2.42. The SMILES string of the molecule is COc1cc(/C=C/C(=O)N2[C@@H]3CC[C@H]2C[C@H](Nc2ccc(F)cc2)C3)c(NC(N)=O)cc1Cl. The van der Waals surface area contributed by atoms with Crippen molar-refractivity contribution in [2.45, 2.75) is 43.8 Å². The van der Waals surface area contributed by atoms with Crippen LogP contribution in [0.4, 0.5) is 20.6 Å². The number of carbonyl (C=O) groups excluding carboxylic acids is 2. The third-order valence-electron chi connectivity index (χ3n) is 6.19. The molecule has 2 bridgehead atoms. The second-order valence-corrected chi connectivity index (χ2v) is 8.75. The van der Waals surface area contributed by atoms with Crippen molar-refractivity contribution in [2.75, 3.05) is 17.7 Å². The lowest BCUT2D eigenvalue weighted by Crippen LogP contribution is -2.49. The lowest BCUT2D eigenvalue weighted by atomic mass is 9.96. The Morgan fingerprint density at radius 2 is 1.85 bits per heavy atom. The maximum absolute atomic E-state index is 13.2. The number of carbonyl (C=O) groups is 2. The molecule has 3 atom stereocenters. The molecule has 2 aliphatic heterocycles. The molecule has 0 unspecified atom stereocenters. The first kappa shape index (κ1) is 22.9. The van der Waals surface area contributed by atoms with E-state index in [0.29, 0.717) is 22.0 Å². The smallest absolute Gasteiger partial charge is 0.316 e. The minimum Gasteiger partial charge on any atom is -0.495 e. The number of benzene rings is 2. The maximum Gasteiger partial charge on any atom is 0.316 e. The molecule has 9 heteroatoms. The number of rotatable bonds is 6. The number of primary amides is 1. The van der Waals surface area contributed by atoms with Crippen LogP contribution in [0.5, 0.6) is 5.75 Å². The predicted molar refractivity (Wildman–Crippen MR) is 127 cm³/mol. The molecule has 3 amide bonds. The minimum atomic E-state index is -0.731. The van der Waals surface area contributed by atoms with E-state index in [-0.39, 0.29) is 29.8 Å². The average molecular weight is 473 g/mol. The summed E-state index contributed by atoms with van der Waals surface area (Å²) in [5.74, 6) is 0.0773. The molecular formula is C24H26ClFN4O3. The lowest BCUT2D eigenvalue weighted by molar-refractivity contribution is -0.130. The molecule has 2 aromatic rings. The van der Waals surface area contributed by atoms with Gasteiger partial charge in [0.2, 0.25) is 5.91 Å². The number of halogens is 2. The molecular weight excluding hydrogens is 447 g/mol. The number of piperidine rings is 1. The summed E-state index contributed by atoms with van der Waals surface area (Å²) in [6, 6.07) is 9.30. The van der Waals surface area contributed by atoms with Gasteiger partial charge in [0.15, 0.2) is 0 Å². The van der Waals surface area contributed by atoms with E-state index < -0.39 is 6.03 Å². The van der Waals surface area contributed by atoms with Gasteiger partial charge in [-0.15, -0.1) is 0 Å². The first-order chi connectivity index (χ1) is 15.8. The number of anilines is 2. The Labute approximate surface area is 196 Å². The summed E-state index contributed by atoms with van der Waals surface area (Å²) in [6.45, 7) is 0. The Morgan fingerprint density at radius 3 is 2.45 bits per heavy atom. The topological polar surface area (TPSA) is 96.7 Å². The summed E-state index contributed by atoms with van der Waals surface area (Å²) < 4.78 is 18.4. The molecule has 2 fully saturated rings. The Bertz CT molecular complexity index is 1060. The summed E-state index contributed by atoms with van der Waals surface area (Å²) in [5, 5.41) is 6.31. The van der Waals surface area contributed by atoms with Crippen LogP contribution in [0.1, 0.15) is 31.2 Å². The van der Waals surface area contributed by atoms with E-state index in [9.17, 15) is 14.0 Å². The van der Waals surface area contributed by atoms with Gasteiger partial charge in [-0.1, -0.05) is 11.6 Å². The number of methoxy groups -OCH3 is 1. The summed E-state index contributed by atoms with van der Waals surface area (Å²) in [4.78, 5) is 26.4. The number of hydrogen-bond acceptors (Lipinski definition) is 4. The van der Waals surface area contributed by atoms with E-state index in [2.05, 4.69) is 10.6 Å². The molecule has 174 valence electrons. The van der Waals surface area contributed by atoms with Gasteiger partial charge in [-0.2, -0.15) is 0 Å². The van der Waals surface area contributed by atoms with Crippen molar-refractivity contribution in [3.63, 3.8) is 0 Å². The zero-order chi connectivity index (χ0) is 23.5. The van der Waals surface area contributed by atoms with Crippen LogP contribution in [0.2, 0.25) is 5.02 Å². The average Bonchev–Trinajstić information content (AvgIpc) is 3.04. The largest absolute Gasteiger partial charge is 0.495 e. The van der Waals surface area contributed by atoms with Gasteiger partial charge in [0.25, 0.3) is 0 Å². The monoisotopic (exact) mass is 472 g/mol. The maximum atomic E-state index is 13.2. The standard InChI is InChI=1S/C24H26ClFN4O3/c1-33-22-10-14(21(13-20(22)25)29-24(27)32)2-9-23(31)30-18-7-8-19(30)12-17(11-18)28-16-5-3-15(26)4-6-16/h2-6,9-10,13,17-19,28H,7-8,11-12H2,1H3,(H3,27,29,32)/b9-2+/t17-,18-,19+. The molecule has 0 spiro atoms. The Kier molecular flexibility index (Phi) is 6.74. The van der Waals surface area contributed by atoms with Crippen LogP contribution < -0.4 is 21.1 Å². The third-order valence-corrected chi connectivity index (χ3v) is 6.49. The van der Waals surface area contributed by atoms with Crippen molar-refractivity contribution in [1.29, 1.82) is 0 Å². The lowest BCUT2D eigenvalue weighted by Gasteiger charge is -2.39. The Morgan fingerprint density at radius 1 is 1.18 bits per heavy atom. The van der Waals surface area contributed by atoms with Gasteiger partial charge in [-0.05, 0) is 68.2 Å². The van der Waals surface area contributed by atoms with E-state index in [1.165, 1.54) is 31.4 Å². The molecule has 2 heterocycles. The van der Waals surface area contributed by atoms with Crippen LogP contribution in [0.3, 0.4) is 0 Å². The number of nitrogens with zero attached hydrogens (tertiary/aromatic N) is 1. The molecule has 4 N–H and O–H groups in total. The summed E-state index contributed by atoms with van der Waals surface area (Å²) in [6.07, 6.45) is 6.71. The molecule has 0 saturated carbocycles. The van der Waals surface area contributed by atoms with E-state index in [1.54, 1.807) is 24.3 Å². The second kappa shape index (κ2) is 9.70. The fourth-order valence-corrected chi connectivity index (χ4v) is 5.03. The molecule has 7 nitrogen and oxygen atoms in total. The van der Waals surface area contributed by atoms with Crippen LogP contribution >= 0.6 is 11.6 Å². The van der Waals surface area contributed by atoms with Crippen molar-refractivity contribution < 1.29 is 18.7 Å². The second-order valence-electron chi connectivity index (χ2n) is 8.35. The molecule has 0 aliphatic carbocycles.